The quantitative estimate of drug-likeness (QED) is 0.619. The van der Waals surface area contributed by atoms with Gasteiger partial charge in [-0.05, 0) is 5.56 Å². The highest BCUT2D eigenvalue weighted by Gasteiger charge is 2.14. The number of carbonyl (C=O) groups is 1. The zero-order chi connectivity index (χ0) is 12.8. The normalized spacial score (nSPS) is 10.1. The van der Waals surface area contributed by atoms with Gasteiger partial charge in [0.1, 0.15) is 6.07 Å². The lowest BCUT2D eigenvalue weighted by Crippen LogP contribution is -1.95. The van der Waals surface area contributed by atoms with Gasteiger partial charge < -0.3 is 5.11 Å². The molecule has 7 heteroatoms. The standard InChI is InChI=1S/C10H7N3O4/c11-5-8-9(13(16)17)4-7(6-12-8)2-1-3-10(14)15/h1-2,4,6H,3H2,(H,14,15). The predicted octanol–water partition coefficient (Wildman–Crippen LogP) is 1.35. The fraction of sp³-hybridized carbons (Fsp3) is 0.100. The third-order valence-corrected chi connectivity index (χ3v) is 1.79. The highest BCUT2D eigenvalue weighted by atomic mass is 16.6. The van der Waals surface area contributed by atoms with Crippen LogP contribution in [0.4, 0.5) is 5.69 Å². The topological polar surface area (TPSA) is 117 Å². The molecule has 17 heavy (non-hydrogen) atoms. The molecule has 1 heterocycles. The molecule has 0 fully saturated rings. The van der Waals surface area contributed by atoms with Crippen LogP contribution in [0.3, 0.4) is 0 Å². The average molecular weight is 233 g/mol. The largest absolute Gasteiger partial charge is 0.481 e. The molecule has 0 saturated carbocycles. The Morgan fingerprint density at radius 2 is 2.41 bits per heavy atom. The van der Waals surface area contributed by atoms with Gasteiger partial charge in [0.15, 0.2) is 0 Å². The predicted molar refractivity (Wildman–Crippen MR) is 56.9 cm³/mol. The molecule has 1 N–H and O–H groups in total. The van der Waals surface area contributed by atoms with Crippen LogP contribution in [0, 0.1) is 21.4 Å². The highest BCUT2D eigenvalue weighted by molar-refractivity contribution is 5.70. The third kappa shape index (κ3) is 3.39. The van der Waals surface area contributed by atoms with Gasteiger partial charge in [-0.3, -0.25) is 14.9 Å². The van der Waals surface area contributed by atoms with Crippen LogP contribution in [0.15, 0.2) is 18.3 Å². The summed E-state index contributed by atoms with van der Waals surface area (Å²) in [6, 6.07) is 2.78. The maximum atomic E-state index is 10.6. The Morgan fingerprint density at radius 1 is 1.71 bits per heavy atom. The first-order valence-corrected chi connectivity index (χ1v) is 4.47. The van der Waals surface area contributed by atoms with Crippen LogP contribution in [0.2, 0.25) is 0 Å². The average Bonchev–Trinajstić information content (AvgIpc) is 2.28. The minimum atomic E-state index is -1.00. The number of aromatic nitrogens is 1. The van der Waals surface area contributed by atoms with Crippen molar-refractivity contribution < 1.29 is 14.8 Å². The van der Waals surface area contributed by atoms with Crippen molar-refractivity contribution in [1.82, 2.24) is 4.98 Å². The first-order chi connectivity index (χ1) is 8.04. The van der Waals surface area contributed by atoms with Crippen molar-refractivity contribution in [2.45, 2.75) is 6.42 Å². The molecule has 7 nitrogen and oxygen atoms in total. The van der Waals surface area contributed by atoms with Crippen LogP contribution >= 0.6 is 0 Å². The fourth-order valence-electron chi connectivity index (χ4n) is 1.08. The van der Waals surface area contributed by atoms with Gasteiger partial charge in [0.05, 0.1) is 11.3 Å². The van der Waals surface area contributed by atoms with Crippen molar-refractivity contribution >= 4 is 17.7 Å². The van der Waals surface area contributed by atoms with E-state index in [-0.39, 0.29) is 12.1 Å². The molecule has 0 radical (unpaired) electrons. The van der Waals surface area contributed by atoms with Crippen molar-refractivity contribution in [3.05, 3.63) is 39.7 Å². The summed E-state index contributed by atoms with van der Waals surface area (Å²) in [5.74, 6) is -1.00. The third-order valence-electron chi connectivity index (χ3n) is 1.79. The molecule has 0 spiro atoms. The van der Waals surface area contributed by atoms with Gasteiger partial charge in [0.2, 0.25) is 5.69 Å². The number of hydrogen-bond acceptors (Lipinski definition) is 5. The molecule has 0 aliphatic heterocycles. The molecule has 1 aromatic rings. The van der Waals surface area contributed by atoms with E-state index in [0.717, 1.165) is 0 Å². The molecule has 0 aromatic carbocycles. The van der Waals surface area contributed by atoms with E-state index in [1.54, 1.807) is 6.07 Å². The number of nitro groups is 1. The molecule has 86 valence electrons. The van der Waals surface area contributed by atoms with E-state index in [2.05, 4.69) is 4.98 Å². The lowest BCUT2D eigenvalue weighted by Gasteiger charge is -1.95. The maximum absolute atomic E-state index is 10.6. The van der Waals surface area contributed by atoms with Crippen LogP contribution in [0.25, 0.3) is 6.08 Å². The lowest BCUT2D eigenvalue weighted by atomic mass is 10.2. The number of carboxylic acid groups (broad SMARTS) is 1. The minimum Gasteiger partial charge on any atom is -0.481 e. The monoisotopic (exact) mass is 233 g/mol. The van der Waals surface area contributed by atoms with Crippen LogP contribution in [-0.4, -0.2) is 21.0 Å². The summed E-state index contributed by atoms with van der Waals surface area (Å²) in [7, 11) is 0. The number of nitriles is 1. The summed E-state index contributed by atoms with van der Waals surface area (Å²) in [5.41, 5.74) is -0.299. The number of rotatable bonds is 4. The highest BCUT2D eigenvalue weighted by Crippen LogP contribution is 2.17. The molecule has 1 rings (SSSR count). The summed E-state index contributed by atoms with van der Waals surface area (Å²) in [5, 5.41) is 27.6. The SMILES string of the molecule is N#Cc1ncc(C=CCC(=O)O)cc1[N+](=O)[O-]. The maximum Gasteiger partial charge on any atom is 0.307 e. The molecular weight excluding hydrogens is 226 g/mol. The van der Waals surface area contributed by atoms with Crippen LogP contribution in [0.5, 0.6) is 0 Å². The van der Waals surface area contributed by atoms with Gasteiger partial charge in [0.25, 0.3) is 0 Å². The number of pyridine rings is 1. The first-order valence-electron chi connectivity index (χ1n) is 4.47. The molecule has 0 bridgehead atoms. The second kappa shape index (κ2) is 5.37. The van der Waals surface area contributed by atoms with Gasteiger partial charge in [-0.15, -0.1) is 0 Å². The molecule has 0 aliphatic rings. The van der Waals surface area contributed by atoms with E-state index in [4.69, 9.17) is 10.4 Å². The second-order valence-electron chi connectivity index (χ2n) is 3.01. The molecular formula is C10H7N3O4. The van der Waals surface area contributed by atoms with Crippen LogP contribution in [-0.2, 0) is 4.79 Å². The van der Waals surface area contributed by atoms with Gasteiger partial charge in [-0.2, -0.15) is 5.26 Å². The Kier molecular flexibility index (Phi) is 3.89. The van der Waals surface area contributed by atoms with Crippen molar-refractivity contribution in [1.29, 1.82) is 5.26 Å². The summed E-state index contributed by atoms with van der Waals surface area (Å²) >= 11 is 0. The summed E-state index contributed by atoms with van der Waals surface area (Å²) in [4.78, 5) is 23.8. The zero-order valence-electron chi connectivity index (χ0n) is 8.53. The number of aliphatic carboxylic acids is 1. The minimum absolute atomic E-state index is 0.187. The number of carboxylic acids is 1. The van der Waals surface area contributed by atoms with E-state index >= 15 is 0 Å². The van der Waals surface area contributed by atoms with E-state index < -0.39 is 16.6 Å². The van der Waals surface area contributed by atoms with Gasteiger partial charge >= 0.3 is 11.7 Å². The fourth-order valence-corrected chi connectivity index (χ4v) is 1.08. The Labute approximate surface area is 95.8 Å². The Bertz CT molecular complexity index is 531. The Balaban J connectivity index is 3.01. The Morgan fingerprint density at radius 3 is 2.94 bits per heavy atom. The van der Waals surface area contributed by atoms with Crippen LogP contribution < -0.4 is 0 Å². The van der Waals surface area contributed by atoms with Gasteiger partial charge in [-0.1, -0.05) is 12.2 Å². The van der Waals surface area contributed by atoms with Gasteiger partial charge in [-0.25, -0.2) is 4.98 Å². The number of hydrogen-bond donors (Lipinski definition) is 1. The van der Waals surface area contributed by atoms with Gasteiger partial charge in [0, 0.05) is 12.3 Å². The molecule has 0 amide bonds. The Hall–Kier alpha value is -2.75. The smallest absolute Gasteiger partial charge is 0.307 e. The molecule has 0 saturated heterocycles. The molecule has 0 atom stereocenters. The molecule has 0 unspecified atom stereocenters. The number of nitrogens with zero attached hydrogens (tertiary/aromatic N) is 3. The van der Waals surface area contributed by atoms with E-state index in [9.17, 15) is 14.9 Å². The van der Waals surface area contributed by atoms with Crippen molar-refractivity contribution in [3.8, 4) is 6.07 Å². The van der Waals surface area contributed by atoms with E-state index in [1.165, 1.54) is 24.4 Å². The van der Waals surface area contributed by atoms with Crippen molar-refractivity contribution in [2.75, 3.05) is 0 Å². The van der Waals surface area contributed by atoms with E-state index in [0.29, 0.717) is 5.56 Å². The second-order valence-corrected chi connectivity index (χ2v) is 3.01. The first kappa shape index (κ1) is 12.3. The van der Waals surface area contributed by atoms with Crippen LogP contribution in [0.1, 0.15) is 17.7 Å². The van der Waals surface area contributed by atoms with E-state index in [1.807, 2.05) is 0 Å². The summed E-state index contributed by atoms with van der Waals surface area (Å²) in [6.07, 6.45) is 3.82. The lowest BCUT2D eigenvalue weighted by molar-refractivity contribution is -0.385. The summed E-state index contributed by atoms with van der Waals surface area (Å²) < 4.78 is 0. The molecule has 1 aromatic heterocycles. The van der Waals surface area contributed by atoms with Crippen molar-refractivity contribution in [2.24, 2.45) is 0 Å². The zero-order valence-corrected chi connectivity index (χ0v) is 8.53. The van der Waals surface area contributed by atoms with Crippen molar-refractivity contribution in [3.63, 3.8) is 0 Å². The molecule has 0 aliphatic carbocycles. The summed E-state index contributed by atoms with van der Waals surface area (Å²) in [6.45, 7) is 0.